The highest BCUT2D eigenvalue weighted by Crippen LogP contribution is 2.29. The van der Waals surface area contributed by atoms with E-state index in [9.17, 15) is 14.7 Å². The Kier molecular flexibility index (Phi) is 13.5. The fourth-order valence-electron chi connectivity index (χ4n) is 4.76. The lowest BCUT2D eigenvalue weighted by Crippen LogP contribution is -2.48. The van der Waals surface area contributed by atoms with Gasteiger partial charge in [0, 0.05) is 58.9 Å². The summed E-state index contributed by atoms with van der Waals surface area (Å²) in [4.78, 5) is 34.4. The maximum absolute atomic E-state index is 14.1. The summed E-state index contributed by atoms with van der Waals surface area (Å²) in [5.41, 5.74) is 1.39. The first kappa shape index (κ1) is 32.8. The quantitative estimate of drug-likeness (QED) is 0.507. The van der Waals surface area contributed by atoms with Gasteiger partial charge >= 0.3 is 0 Å². The summed E-state index contributed by atoms with van der Waals surface area (Å²) in [6.45, 7) is 8.06. The molecule has 9 nitrogen and oxygen atoms in total. The van der Waals surface area contributed by atoms with E-state index in [-0.39, 0.29) is 36.5 Å². The van der Waals surface area contributed by atoms with Gasteiger partial charge in [-0.2, -0.15) is 0 Å². The van der Waals surface area contributed by atoms with E-state index >= 15 is 0 Å². The highest BCUT2D eigenvalue weighted by molar-refractivity contribution is 5.98. The molecule has 0 fully saturated rings. The molecular weight excluding hydrogens is 496 g/mol. The van der Waals surface area contributed by atoms with Crippen LogP contribution in [0.3, 0.4) is 0 Å². The standard InChI is InChI=1S/C30H52N4O5/c1-22-19-34(23(2)21-35)30(37)26-18-25(32(6)7)14-15-27(26)39-24(3)12-9-10-17-38-28(22)20-33(8)29(36)13-11-16-31(4)5/h14-15,18,22-24,28,35H,9-13,16-17,19-21H2,1-8H3/t22-,23-,24-,28-/m1/s1. The van der Waals surface area contributed by atoms with Crippen molar-refractivity contribution in [2.24, 2.45) is 5.92 Å². The molecule has 2 rings (SSSR count). The second-order valence-corrected chi connectivity index (χ2v) is 11.6. The number of ether oxygens (including phenoxy) is 2. The fraction of sp³-hybridized carbons (Fsp3) is 0.733. The zero-order chi connectivity index (χ0) is 29.1. The number of aliphatic hydroxyl groups is 1. The number of carbonyl (C=O) groups excluding carboxylic acids is 2. The van der Waals surface area contributed by atoms with E-state index in [1.54, 1.807) is 9.80 Å². The summed E-state index contributed by atoms with van der Waals surface area (Å²) in [5.74, 6) is 0.412. The summed E-state index contributed by atoms with van der Waals surface area (Å²) in [7, 11) is 9.72. The van der Waals surface area contributed by atoms with Gasteiger partial charge in [-0.25, -0.2) is 0 Å². The third-order valence-electron chi connectivity index (χ3n) is 7.43. The third kappa shape index (κ3) is 10.3. The van der Waals surface area contributed by atoms with Crippen molar-refractivity contribution in [3.8, 4) is 5.75 Å². The highest BCUT2D eigenvalue weighted by Gasteiger charge is 2.31. The molecule has 4 atom stereocenters. The average Bonchev–Trinajstić information content (AvgIpc) is 2.89. The van der Waals surface area contributed by atoms with Crippen LogP contribution in [-0.4, -0.2) is 118 Å². The Labute approximate surface area is 236 Å². The molecular formula is C30H52N4O5. The first-order valence-corrected chi connectivity index (χ1v) is 14.3. The normalized spacial score (nSPS) is 22.1. The molecule has 1 aromatic rings. The van der Waals surface area contributed by atoms with Gasteiger partial charge in [-0.15, -0.1) is 0 Å². The van der Waals surface area contributed by atoms with Gasteiger partial charge in [0.1, 0.15) is 5.75 Å². The zero-order valence-corrected chi connectivity index (χ0v) is 25.5. The van der Waals surface area contributed by atoms with Crippen molar-refractivity contribution in [2.45, 2.75) is 71.1 Å². The van der Waals surface area contributed by atoms with E-state index in [0.717, 1.165) is 37.9 Å². The van der Waals surface area contributed by atoms with Crippen molar-refractivity contribution in [3.63, 3.8) is 0 Å². The molecule has 0 unspecified atom stereocenters. The number of likely N-dealkylation sites (N-methyl/N-ethyl adjacent to an activating group) is 1. The van der Waals surface area contributed by atoms with Gasteiger partial charge in [0.05, 0.1) is 30.4 Å². The Bertz CT molecular complexity index is 909. The minimum absolute atomic E-state index is 0.0611. The summed E-state index contributed by atoms with van der Waals surface area (Å²) in [6, 6.07) is 5.30. The lowest BCUT2D eigenvalue weighted by molar-refractivity contribution is -0.132. The van der Waals surface area contributed by atoms with E-state index in [4.69, 9.17) is 9.47 Å². The molecule has 1 heterocycles. The number of nitrogens with zero attached hydrogens (tertiary/aromatic N) is 4. The smallest absolute Gasteiger partial charge is 0.258 e. The number of rotatable bonds is 9. The highest BCUT2D eigenvalue weighted by atomic mass is 16.5. The molecule has 1 aromatic carbocycles. The summed E-state index contributed by atoms with van der Waals surface area (Å²) >= 11 is 0. The average molecular weight is 549 g/mol. The van der Waals surface area contributed by atoms with Crippen LogP contribution in [-0.2, 0) is 9.53 Å². The topological polar surface area (TPSA) is 85.8 Å². The molecule has 0 spiro atoms. The Morgan fingerprint density at radius 2 is 1.87 bits per heavy atom. The molecule has 39 heavy (non-hydrogen) atoms. The Balaban J connectivity index is 2.35. The van der Waals surface area contributed by atoms with Gasteiger partial charge in [0.2, 0.25) is 5.91 Å². The van der Waals surface area contributed by atoms with Crippen LogP contribution >= 0.6 is 0 Å². The fourth-order valence-corrected chi connectivity index (χ4v) is 4.76. The molecule has 0 bridgehead atoms. The number of fused-ring (bicyclic) bond motifs is 1. The first-order chi connectivity index (χ1) is 18.4. The second kappa shape index (κ2) is 16.0. The Morgan fingerprint density at radius 1 is 1.15 bits per heavy atom. The predicted molar refractivity (Wildman–Crippen MR) is 157 cm³/mol. The van der Waals surface area contributed by atoms with Gasteiger partial charge in [-0.3, -0.25) is 9.59 Å². The largest absolute Gasteiger partial charge is 0.490 e. The van der Waals surface area contributed by atoms with Crippen LogP contribution in [0.15, 0.2) is 18.2 Å². The molecule has 222 valence electrons. The van der Waals surface area contributed by atoms with E-state index in [1.165, 1.54) is 0 Å². The van der Waals surface area contributed by atoms with E-state index in [0.29, 0.717) is 37.4 Å². The van der Waals surface area contributed by atoms with Crippen LogP contribution in [0.4, 0.5) is 5.69 Å². The van der Waals surface area contributed by atoms with Crippen molar-refractivity contribution in [3.05, 3.63) is 23.8 Å². The number of benzene rings is 1. The number of carbonyl (C=O) groups is 2. The van der Waals surface area contributed by atoms with Crippen molar-refractivity contribution >= 4 is 17.5 Å². The molecule has 0 saturated carbocycles. The molecule has 1 N–H and O–H groups in total. The number of aliphatic hydroxyl groups excluding tert-OH is 1. The second-order valence-electron chi connectivity index (χ2n) is 11.6. The molecule has 0 radical (unpaired) electrons. The van der Waals surface area contributed by atoms with E-state index < -0.39 is 6.04 Å². The van der Waals surface area contributed by atoms with Crippen molar-refractivity contribution in [1.82, 2.24) is 14.7 Å². The molecule has 1 aliphatic heterocycles. The SMILES string of the molecule is C[C@@H]1CCCCO[C@H](CN(C)C(=O)CCCN(C)C)[C@H](C)CN([C@H](C)CO)C(=O)c2cc(N(C)C)ccc2O1. The van der Waals surface area contributed by atoms with Crippen LogP contribution in [0.1, 0.15) is 63.2 Å². The van der Waals surface area contributed by atoms with Crippen molar-refractivity contribution in [2.75, 3.05) is 73.0 Å². The summed E-state index contributed by atoms with van der Waals surface area (Å²) in [6.07, 6.45) is 3.67. The minimum atomic E-state index is -0.396. The van der Waals surface area contributed by atoms with Crippen LogP contribution in [0.2, 0.25) is 0 Å². The summed E-state index contributed by atoms with van der Waals surface area (Å²) < 4.78 is 12.6. The van der Waals surface area contributed by atoms with Crippen LogP contribution in [0, 0.1) is 5.92 Å². The lowest BCUT2D eigenvalue weighted by Gasteiger charge is -2.36. The number of amides is 2. The van der Waals surface area contributed by atoms with E-state index in [2.05, 4.69) is 11.8 Å². The van der Waals surface area contributed by atoms with Crippen molar-refractivity contribution in [1.29, 1.82) is 0 Å². The van der Waals surface area contributed by atoms with Crippen LogP contribution in [0.25, 0.3) is 0 Å². The van der Waals surface area contributed by atoms with Gasteiger partial charge in [0.25, 0.3) is 5.91 Å². The summed E-state index contributed by atoms with van der Waals surface area (Å²) in [5, 5.41) is 10.1. The van der Waals surface area contributed by atoms with Crippen LogP contribution < -0.4 is 9.64 Å². The Morgan fingerprint density at radius 3 is 2.51 bits per heavy atom. The molecule has 1 aliphatic rings. The monoisotopic (exact) mass is 548 g/mol. The lowest BCUT2D eigenvalue weighted by atomic mass is 10.0. The van der Waals surface area contributed by atoms with Crippen molar-refractivity contribution < 1.29 is 24.2 Å². The van der Waals surface area contributed by atoms with E-state index in [1.807, 2.05) is 72.2 Å². The predicted octanol–water partition coefficient (Wildman–Crippen LogP) is 3.35. The number of hydrogen-bond donors (Lipinski definition) is 1. The van der Waals surface area contributed by atoms with Crippen LogP contribution in [0.5, 0.6) is 5.75 Å². The molecule has 0 aromatic heterocycles. The first-order valence-electron chi connectivity index (χ1n) is 14.3. The molecule has 0 aliphatic carbocycles. The third-order valence-corrected chi connectivity index (χ3v) is 7.43. The van der Waals surface area contributed by atoms with Gasteiger partial charge < -0.3 is 34.2 Å². The van der Waals surface area contributed by atoms with Gasteiger partial charge in [0.15, 0.2) is 0 Å². The number of anilines is 1. The maximum Gasteiger partial charge on any atom is 0.258 e. The van der Waals surface area contributed by atoms with Gasteiger partial charge in [-0.1, -0.05) is 6.92 Å². The molecule has 9 heteroatoms. The molecule has 2 amide bonds. The maximum atomic E-state index is 14.1. The van der Waals surface area contributed by atoms with Gasteiger partial charge in [-0.05, 0) is 78.4 Å². The number of hydrogen-bond acceptors (Lipinski definition) is 7. The minimum Gasteiger partial charge on any atom is -0.490 e. The molecule has 0 saturated heterocycles. The Hall–Kier alpha value is -2.36. The zero-order valence-electron chi connectivity index (χ0n) is 25.5.